The van der Waals surface area contributed by atoms with E-state index in [9.17, 15) is 4.79 Å². The van der Waals surface area contributed by atoms with Gasteiger partial charge in [0.25, 0.3) is 5.91 Å². The van der Waals surface area contributed by atoms with E-state index in [0.717, 1.165) is 19.4 Å². The quantitative estimate of drug-likeness (QED) is 0.297. The summed E-state index contributed by atoms with van der Waals surface area (Å²) in [7, 11) is 0. The zero-order valence-corrected chi connectivity index (χ0v) is 5.58. The highest BCUT2D eigenvalue weighted by atomic mass is 16.2. The van der Waals surface area contributed by atoms with E-state index in [4.69, 9.17) is 5.84 Å². The third-order valence-corrected chi connectivity index (χ3v) is 1.51. The van der Waals surface area contributed by atoms with Crippen LogP contribution in [0.3, 0.4) is 0 Å². The molecule has 0 radical (unpaired) electrons. The number of hydrogen-bond acceptors (Lipinski definition) is 3. The molecular formula is C5H10N4O. The molecule has 1 aliphatic rings. The highest BCUT2D eigenvalue weighted by Gasteiger charge is 2.21. The van der Waals surface area contributed by atoms with E-state index in [1.165, 1.54) is 0 Å². The van der Waals surface area contributed by atoms with Crippen LogP contribution in [0.15, 0.2) is 10.3 Å². The van der Waals surface area contributed by atoms with Gasteiger partial charge in [0.2, 0.25) is 0 Å². The lowest BCUT2D eigenvalue weighted by atomic mass is 10.2. The Labute approximate surface area is 58.7 Å². The summed E-state index contributed by atoms with van der Waals surface area (Å²) in [6.45, 7) is 0.885. The Kier molecular flexibility index (Phi) is 2.33. The molecule has 1 fully saturated rings. The molecule has 1 saturated heterocycles. The SMILES string of the molecule is NN=NC(=O)[C@@H]1CCCN1. The molecule has 3 N–H and O–H groups in total. The van der Waals surface area contributed by atoms with Gasteiger partial charge in [0.1, 0.15) is 0 Å². The largest absolute Gasteiger partial charge is 0.306 e. The molecule has 1 heterocycles. The second kappa shape index (κ2) is 3.26. The summed E-state index contributed by atoms with van der Waals surface area (Å²) in [6.07, 6.45) is 1.87. The van der Waals surface area contributed by atoms with Crippen molar-refractivity contribution < 1.29 is 4.79 Å². The van der Waals surface area contributed by atoms with Gasteiger partial charge in [0, 0.05) is 0 Å². The van der Waals surface area contributed by atoms with Gasteiger partial charge in [-0.3, -0.25) is 4.79 Å². The van der Waals surface area contributed by atoms with Gasteiger partial charge in [-0.05, 0) is 19.4 Å². The third-order valence-electron chi connectivity index (χ3n) is 1.51. The lowest BCUT2D eigenvalue weighted by Gasteiger charge is -2.00. The first kappa shape index (κ1) is 7.14. The van der Waals surface area contributed by atoms with Crippen LogP contribution in [-0.2, 0) is 4.79 Å². The summed E-state index contributed by atoms with van der Waals surface area (Å²) < 4.78 is 0. The Morgan fingerprint density at radius 3 is 3.00 bits per heavy atom. The molecule has 0 aromatic rings. The van der Waals surface area contributed by atoms with Gasteiger partial charge in [-0.2, -0.15) is 0 Å². The van der Waals surface area contributed by atoms with Crippen LogP contribution in [0.25, 0.3) is 0 Å². The molecule has 1 aliphatic heterocycles. The maximum atomic E-state index is 10.8. The van der Waals surface area contributed by atoms with E-state index in [1.807, 2.05) is 0 Å². The molecule has 0 unspecified atom stereocenters. The zero-order valence-electron chi connectivity index (χ0n) is 5.58. The predicted molar refractivity (Wildman–Crippen MR) is 35.1 cm³/mol. The molecule has 1 atom stereocenters. The summed E-state index contributed by atoms with van der Waals surface area (Å²) in [5.41, 5.74) is 0. The van der Waals surface area contributed by atoms with Gasteiger partial charge in [-0.25, -0.2) is 0 Å². The Morgan fingerprint density at radius 2 is 2.50 bits per heavy atom. The minimum atomic E-state index is -0.264. The smallest absolute Gasteiger partial charge is 0.283 e. The van der Waals surface area contributed by atoms with Gasteiger partial charge in [-0.15, -0.1) is 0 Å². The van der Waals surface area contributed by atoms with Crippen molar-refractivity contribution in [2.24, 2.45) is 16.2 Å². The number of carbonyl (C=O) groups excluding carboxylic acids is 1. The van der Waals surface area contributed by atoms with E-state index in [0.29, 0.717) is 0 Å². The summed E-state index contributed by atoms with van der Waals surface area (Å²) in [4.78, 5) is 10.8. The highest BCUT2D eigenvalue weighted by Crippen LogP contribution is 2.05. The Morgan fingerprint density at radius 1 is 1.70 bits per heavy atom. The first-order valence-corrected chi connectivity index (χ1v) is 3.23. The van der Waals surface area contributed by atoms with Crippen molar-refractivity contribution in [3.8, 4) is 0 Å². The monoisotopic (exact) mass is 142 g/mol. The van der Waals surface area contributed by atoms with Crippen LogP contribution < -0.4 is 11.2 Å². The molecule has 10 heavy (non-hydrogen) atoms. The molecule has 0 aliphatic carbocycles. The topological polar surface area (TPSA) is 79.8 Å². The van der Waals surface area contributed by atoms with E-state index >= 15 is 0 Å². The molecular weight excluding hydrogens is 132 g/mol. The van der Waals surface area contributed by atoms with Crippen molar-refractivity contribution in [3.05, 3.63) is 0 Å². The normalized spacial score (nSPS) is 25.8. The number of hydrogen-bond donors (Lipinski definition) is 2. The van der Waals surface area contributed by atoms with Gasteiger partial charge in [0.15, 0.2) is 0 Å². The van der Waals surface area contributed by atoms with Gasteiger partial charge in [-0.1, -0.05) is 10.3 Å². The van der Waals surface area contributed by atoms with E-state index in [2.05, 4.69) is 15.7 Å². The standard InChI is InChI=1S/C5H10N4O/c6-9-8-5(10)4-2-1-3-7-4/h4,7H,1-3H2,(H2,6,8,10)/t4-/m0/s1. The maximum absolute atomic E-state index is 10.8. The number of carbonyl (C=O) groups is 1. The number of nitrogens with one attached hydrogen (secondary N) is 1. The molecule has 1 rings (SSSR count). The summed E-state index contributed by atoms with van der Waals surface area (Å²) in [5, 5.41) is 9.11. The van der Waals surface area contributed by atoms with Gasteiger partial charge >= 0.3 is 0 Å². The van der Waals surface area contributed by atoms with Crippen molar-refractivity contribution in [2.75, 3.05) is 6.54 Å². The zero-order chi connectivity index (χ0) is 7.40. The molecule has 1 amide bonds. The highest BCUT2D eigenvalue weighted by molar-refractivity contribution is 5.82. The fraction of sp³-hybridized carbons (Fsp3) is 0.800. The average Bonchev–Trinajstić information content (AvgIpc) is 2.38. The van der Waals surface area contributed by atoms with Crippen LogP contribution in [0.1, 0.15) is 12.8 Å². The van der Waals surface area contributed by atoms with Crippen LogP contribution in [0.2, 0.25) is 0 Å². The molecule has 0 aromatic heterocycles. The molecule has 56 valence electrons. The number of rotatable bonds is 1. The molecule has 5 nitrogen and oxygen atoms in total. The minimum Gasteiger partial charge on any atom is -0.306 e. The van der Waals surface area contributed by atoms with E-state index in [-0.39, 0.29) is 11.9 Å². The average molecular weight is 142 g/mol. The van der Waals surface area contributed by atoms with Crippen molar-refractivity contribution in [1.29, 1.82) is 0 Å². The Balaban J connectivity index is 2.40. The van der Waals surface area contributed by atoms with Gasteiger partial charge < -0.3 is 11.2 Å². The van der Waals surface area contributed by atoms with Crippen molar-refractivity contribution in [2.45, 2.75) is 18.9 Å². The Hall–Kier alpha value is -0.970. The summed E-state index contributed by atoms with van der Waals surface area (Å²) in [6, 6.07) is -0.146. The van der Waals surface area contributed by atoms with E-state index in [1.54, 1.807) is 0 Å². The number of amides is 1. The lowest BCUT2D eigenvalue weighted by Crippen LogP contribution is -2.29. The summed E-state index contributed by atoms with van der Waals surface area (Å²) in [5.74, 6) is 4.44. The number of nitrogens with zero attached hydrogens (tertiary/aromatic N) is 2. The van der Waals surface area contributed by atoms with Crippen LogP contribution in [0.4, 0.5) is 0 Å². The fourth-order valence-corrected chi connectivity index (χ4v) is 1.02. The Bertz CT molecular complexity index is 150. The second-order valence-electron chi connectivity index (χ2n) is 2.20. The molecule has 5 heteroatoms. The van der Waals surface area contributed by atoms with Crippen molar-refractivity contribution in [1.82, 2.24) is 5.32 Å². The molecule has 0 bridgehead atoms. The molecule has 0 spiro atoms. The second-order valence-corrected chi connectivity index (χ2v) is 2.20. The summed E-state index contributed by atoms with van der Waals surface area (Å²) >= 11 is 0. The molecule has 0 saturated carbocycles. The third kappa shape index (κ3) is 1.51. The maximum Gasteiger partial charge on any atom is 0.283 e. The van der Waals surface area contributed by atoms with Crippen LogP contribution in [-0.4, -0.2) is 18.5 Å². The van der Waals surface area contributed by atoms with Crippen molar-refractivity contribution >= 4 is 5.91 Å². The lowest BCUT2D eigenvalue weighted by molar-refractivity contribution is -0.120. The van der Waals surface area contributed by atoms with Crippen molar-refractivity contribution in [3.63, 3.8) is 0 Å². The van der Waals surface area contributed by atoms with Gasteiger partial charge in [0.05, 0.1) is 6.04 Å². The van der Waals surface area contributed by atoms with E-state index < -0.39 is 0 Å². The first-order valence-electron chi connectivity index (χ1n) is 3.23. The van der Waals surface area contributed by atoms with Crippen LogP contribution >= 0.6 is 0 Å². The first-order chi connectivity index (χ1) is 4.84. The number of nitrogens with two attached hydrogens (primary N) is 1. The van der Waals surface area contributed by atoms with Crippen LogP contribution in [0.5, 0.6) is 0 Å². The fourth-order valence-electron chi connectivity index (χ4n) is 1.02. The minimum absolute atomic E-state index is 0.146. The predicted octanol–water partition coefficient (Wildman–Crippen LogP) is -0.409. The molecule has 0 aromatic carbocycles. The van der Waals surface area contributed by atoms with Crippen LogP contribution in [0, 0.1) is 0 Å².